The largest absolute Gasteiger partial charge is 0.468 e. The Kier molecular flexibility index (Phi) is 5.71. The highest BCUT2D eigenvalue weighted by Crippen LogP contribution is 2.28. The number of methoxy groups -OCH3 is 1. The number of carbonyl (C=O) groups excluding carboxylic acids is 1. The van der Waals surface area contributed by atoms with Crippen LogP contribution in [0.4, 0.5) is 4.39 Å². The number of carbonyl (C=O) groups is 1. The van der Waals surface area contributed by atoms with Crippen molar-refractivity contribution in [1.29, 1.82) is 0 Å². The highest BCUT2D eigenvalue weighted by molar-refractivity contribution is 5.87. The van der Waals surface area contributed by atoms with Crippen molar-refractivity contribution in [3.8, 4) is 0 Å². The van der Waals surface area contributed by atoms with Crippen molar-refractivity contribution in [2.75, 3.05) is 7.11 Å². The van der Waals surface area contributed by atoms with E-state index < -0.39 is 0 Å². The van der Waals surface area contributed by atoms with Gasteiger partial charge in [-0.15, -0.1) is 0 Å². The Morgan fingerprint density at radius 3 is 2.61 bits per heavy atom. The van der Waals surface area contributed by atoms with E-state index >= 15 is 0 Å². The molecule has 0 unspecified atom stereocenters. The minimum atomic E-state index is -0.323. The summed E-state index contributed by atoms with van der Waals surface area (Å²) in [5, 5.41) is 1.06. The van der Waals surface area contributed by atoms with Crippen LogP contribution in [-0.2, 0) is 29.0 Å². The normalized spacial score (nSPS) is 11.1. The van der Waals surface area contributed by atoms with Crippen LogP contribution in [0.1, 0.15) is 22.4 Å². The van der Waals surface area contributed by atoms with E-state index in [1.807, 2.05) is 48.0 Å². The zero-order valence-corrected chi connectivity index (χ0v) is 17.5. The first kappa shape index (κ1) is 20.6. The molecule has 0 atom stereocenters. The lowest BCUT2D eigenvalue weighted by Crippen LogP contribution is -2.20. The Morgan fingerprint density at radius 2 is 1.84 bits per heavy atom. The van der Waals surface area contributed by atoms with E-state index in [4.69, 9.17) is 4.74 Å². The first-order valence-corrected chi connectivity index (χ1v) is 10.0. The van der Waals surface area contributed by atoms with Crippen molar-refractivity contribution in [2.45, 2.75) is 26.4 Å². The molecule has 158 valence electrons. The first-order chi connectivity index (χ1) is 15.0. The average Bonchev–Trinajstić information content (AvgIpc) is 3.02. The number of hydrogen-bond donors (Lipinski definition) is 0. The lowest BCUT2D eigenvalue weighted by molar-refractivity contribution is -0.141. The summed E-state index contributed by atoms with van der Waals surface area (Å²) in [7, 11) is 1.38. The second kappa shape index (κ2) is 8.60. The molecular weight excluding hydrogens is 395 g/mol. The number of aromatic nitrogens is 2. The number of benzene rings is 2. The molecule has 0 saturated carbocycles. The van der Waals surface area contributed by atoms with Crippen molar-refractivity contribution in [1.82, 2.24) is 9.13 Å². The molecule has 0 aliphatic rings. The van der Waals surface area contributed by atoms with Crippen LogP contribution < -0.4 is 5.56 Å². The van der Waals surface area contributed by atoms with Crippen LogP contribution in [0.5, 0.6) is 0 Å². The summed E-state index contributed by atoms with van der Waals surface area (Å²) in [6.45, 7) is 2.43. The number of hydrogen-bond acceptors (Lipinski definition) is 3. The van der Waals surface area contributed by atoms with E-state index in [0.29, 0.717) is 13.0 Å². The van der Waals surface area contributed by atoms with Gasteiger partial charge in [0.2, 0.25) is 0 Å². The second-order valence-corrected chi connectivity index (χ2v) is 7.55. The molecule has 0 saturated heterocycles. The minimum Gasteiger partial charge on any atom is -0.468 e. The molecule has 4 aromatic rings. The summed E-state index contributed by atoms with van der Waals surface area (Å²) in [6, 6.07) is 17.5. The maximum Gasteiger partial charge on any atom is 0.325 e. The van der Waals surface area contributed by atoms with Crippen LogP contribution in [0.2, 0.25) is 0 Å². The first-order valence-electron chi connectivity index (χ1n) is 10.0. The Bertz CT molecular complexity index is 1320. The van der Waals surface area contributed by atoms with Gasteiger partial charge < -0.3 is 13.9 Å². The summed E-state index contributed by atoms with van der Waals surface area (Å²) in [5.41, 5.74) is 4.58. The van der Waals surface area contributed by atoms with E-state index in [0.717, 1.165) is 33.3 Å². The van der Waals surface area contributed by atoms with Gasteiger partial charge in [0, 0.05) is 35.3 Å². The molecule has 0 spiro atoms. The van der Waals surface area contributed by atoms with Gasteiger partial charge in [0.05, 0.1) is 13.7 Å². The molecule has 5 nitrogen and oxygen atoms in total. The summed E-state index contributed by atoms with van der Waals surface area (Å²) in [4.78, 5) is 24.3. The van der Waals surface area contributed by atoms with Crippen LogP contribution in [0.3, 0.4) is 0 Å². The molecule has 6 heteroatoms. The fourth-order valence-corrected chi connectivity index (χ4v) is 3.97. The topological polar surface area (TPSA) is 53.2 Å². The highest BCUT2D eigenvalue weighted by Gasteiger charge is 2.16. The number of rotatable bonds is 6. The number of nitrogens with zero attached hydrogens (tertiary/aromatic N) is 2. The summed E-state index contributed by atoms with van der Waals surface area (Å²) >= 11 is 0. The van der Waals surface area contributed by atoms with Gasteiger partial charge in [-0.3, -0.25) is 9.59 Å². The quantitative estimate of drug-likeness (QED) is 0.444. The molecule has 2 heterocycles. The maximum absolute atomic E-state index is 13.5. The van der Waals surface area contributed by atoms with E-state index in [1.54, 1.807) is 16.7 Å². The summed E-state index contributed by atoms with van der Waals surface area (Å²) in [5.74, 6) is -0.630. The number of fused-ring (bicyclic) bond motifs is 1. The van der Waals surface area contributed by atoms with E-state index in [9.17, 15) is 14.0 Å². The molecule has 0 bridgehead atoms. The van der Waals surface area contributed by atoms with Crippen LogP contribution in [0, 0.1) is 12.7 Å². The van der Waals surface area contributed by atoms with Crippen LogP contribution in [0.15, 0.2) is 71.7 Å². The molecule has 0 fully saturated rings. The van der Waals surface area contributed by atoms with Gasteiger partial charge in [-0.25, -0.2) is 4.39 Å². The number of para-hydroxylation sites is 1. The zero-order valence-electron chi connectivity index (χ0n) is 17.5. The lowest BCUT2D eigenvalue weighted by Gasteiger charge is -2.10. The second-order valence-electron chi connectivity index (χ2n) is 7.55. The lowest BCUT2D eigenvalue weighted by atomic mass is 10.0. The third kappa shape index (κ3) is 4.28. The Morgan fingerprint density at radius 1 is 1.03 bits per heavy atom. The third-order valence-corrected chi connectivity index (χ3v) is 5.54. The molecule has 2 aromatic heterocycles. The van der Waals surface area contributed by atoms with Crippen molar-refractivity contribution in [3.05, 3.63) is 105 Å². The van der Waals surface area contributed by atoms with Gasteiger partial charge in [-0.05, 0) is 41.8 Å². The number of esters is 1. The summed E-state index contributed by atoms with van der Waals surface area (Å²) in [6.07, 6.45) is 2.42. The third-order valence-electron chi connectivity index (χ3n) is 5.54. The monoisotopic (exact) mass is 418 g/mol. The molecule has 31 heavy (non-hydrogen) atoms. The van der Waals surface area contributed by atoms with Gasteiger partial charge in [0.25, 0.3) is 5.56 Å². The molecule has 0 radical (unpaired) electrons. The van der Waals surface area contributed by atoms with Gasteiger partial charge in [0.1, 0.15) is 12.4 Å². The Labute approximate surface area is 179 Å². The SMILES string of the molecule is COC(=O)Cn1c(C)c(Cc2ccc(=O)n(Cc3cccc(F)c3)c2)c2ccccc21. The molecule has 0 aliphatic heterocycles. The molecular formula is C25H23FN2O3. The Hall–Kier alpha value is -3.67. The number of pyridine rings is 1. The van der Waals surface area contributed by atoms with Crippen molar-refractivity contribution in [3.63, 3.8) is 0 Å². The number of ether oxygens (including phenoxy) is 1. The van der Waals surface area contributed by atoms with Crippen molar-refractivity contribution >= 4 is 16.9 Å². The fraction of sp³-hybridized carbons (Fsp3) is 0.200. The van der Waals surface area contributed by atoms with E-state index in [-0.39, 0.29) is 23.9 Å². The zero-order chi connectivity index (χ0) is 22.0. The number of halogens is 1. The standard InChI is InChI=1S/C25H23FN2O3/c1-17-22(21-8-3-4-9-23(21)28(17)16-25(30)31-2)13-19-10-11-24(29)27(15-19)14-18-6-5-7-20(26)12-18/h3-12,15H,13-14,16H2,1-2H3. The van der Waals surface area contributed by atoms with Gasteiger partial charge in [-0.1, -0.05) is 36.4 Å². The van der Waals surface area contributed by atoms with Crippen LogP contribution in [0.25, 0.3) is 10.9 Å². The minimum absolute atomic E-state index is 0.141. The highest BCUT2D eigenvalue weighted by atomic mass is 19.1. The predicted octanol–water partition coefficient (Wildman–Crippen LogP) is 4.06. The molecule has 0 N–H and O–H groups in total. The van der Waals surface area contributed by atoms with Crippen molar-refractivity contribution in [2.24, 2.45) is 0 Å². The van der Waals surface area contributed by atoms with E-state index in [2.05, 4.69) is 0 Å². The van der Waals surface area contributed by atoms with Crippen LogP contribution >= 0.6 is 0 Å². The van der Waals surface area contributed by atoms with E-state index in [1.165, 1.54) is 25.3 Å². The predicted molar refractivity (Wildman–Crippen MR) is 118 cm³/mol. The van der Waals surface area contributed by atoms with Crippen LogP contribution in [-0.4, -0.2) is 22.2 Å². The Balaban J connectivity index is 1.70. The average molecular weight is 418 g/mol. The smallest absolute Gasteiger partial charge is 0.325 e. The summed E-state index contributed by atoms with van der Waals surface area (Å²) < 4.78 is 21.9. The molecule has 0 amide bonds. The molecule has 4 rings (SSSR count). The van der Waals surface area contributed by atoms with Gasteiger partial charge in [0.15, 0.2) is 0 Å². The maximum atomic E-state index is 13.5. The molecule has 0 aliphatic carbocycles. The van der Waals surface area contributed by atoms with Gasteiger partial charge in [-0.2, -0.15) is 0 Å². The van der Waals surface area contributed by atoms with Crippen molar-refractivity contribution < 1.29 is 13.9 Å². The van der Waals surface area contributed by atoms with Gasteiger partial charge >= 0.3 is 5.97 Å². The fourth-order valence-electron chi connectivity index (χ4n) is 3.97. The molecule has 2 aromatic carbocycles.